The van der Waals surface area contributed by atoms with Crippen molar-refractivity contribution in [3.8, 4) is 0 Å². The van der Waals surface area contributed by atoms with E-state index in [1.54, 1.807) is 0 Å². The van der Waals surface area contributed by atoms with E-state index in [0.29, 0.717) is 11.3 Å². The molecule has 0 saturated heterocycles. The third kappa shape index (κ3) is 2.77. The highest BCUT2D eigenvalue weighted by Crippen LogP contribution is 2.41. The van der Waals surface area contributed by atoms with Crippen LogP contribution in [-0.4, -0.2) is 18.0 Å². The summed E-state index contributed by atoms with van der Waals surface area (Å²) < 4.78 is 18.3. The molecule has 1 heterocycles. The Labute approximate surface area is 134 Å². The first-order chi connectivity index (χ1) is 10.3. The molecule has 0 radical (unpaired) electrons. The van der Waals surface area contributed by atoms with E-state index in [1.807, 2.05) is 36.4 Å². The van der Waals surface area contributed by atoms with Crippen LogP contribution in [0.2, 0.25) is 19.6 Å². The molecule has 2 aromatic rings. The standard InChI is InChI=1S/C18H23NOSSi/c1-14-9-11-15(12-10-14)21(20)13-18(22(2,3)4)16-7-5-6-8-17(16)19-21/h5-12,18H,13H2,1-4H3/t18-,21?/m1/s1. The molecule has 0 N–H and O–H groups in total. The van der Waals surface area contributed by atoms with Crippen LogP contribution in [0.3, 0.4) is 0 Å². The number of aryl methyl sites for hydroxylation is 1. The predicted molar refractivity (Wildman–Crippen MR) is 97.1 cm³/mol. The molecular weight excluding hydrogens is 306 g/mol. The Bertz CT molecular complexity index is 812. The number of nitrogens with zero attached hydrogens (tertiary/aromatic N) is 1. The molecule has 1 unspecified atom stereocenters. The summed E-state index contributed by atoms with van der Waals surface area (Å²) in [6.45, 7) is 9.12. The van der Waals surface area contributed by atoms with Crippen molar-refractivity contribution in [1.82, 2.24) is 0 Å². The van der Waals surface area contributed by atoms with Crippen LogP contribution in [0.25, 0.3) is 0 Å². The van der Waals surface area contributed by atoms with Gasteiger partial charge in [-0.3, -0.25) is 0 Å². The average molecular weight is 330 g/mol. The van der Waals surface area contributed by atoms with Gasteiger partial charge in [-0.15, -0.1) is 0 Å². The maximum absolute atomic E-state index is 13.6. The van der Waals surface area contributed by atoms with Crippen molar-refractivity contribution in [1.29, 1.82) is 0 Å². The highest BCUT2D eigenvalue weighted by atomic mass is 32.2. The molecule has 1 aliphatic heterocycles. The molecule has 2 nitrogen and oxygen atoms in total. The van der Waals surface area contributed by atoms with E-state index in [4.69, 9.17) is 4.36 Å². The van der Waals surface area contributed by atoms with Crippen LogP contribution in [0.5, 0.6) is 0 Å². The summed E-state index contributed by atoms with van der Waals surface area (Å²) >= 11 is 0. The van der Waals surface area contributed by atoms with Crippen LogP contribution in [0.1, 0.15) is 16.7 Å². The number of hydrogen-bond donors (Lipinski definition) is 0. The second-order valence-electron chi connectivity index (χ2n) is 7.19. The van der Waals surface area contributed by atoms with E-state index in [0.717, 1.165) is 10.6 Å². The van der Waals surface area contributed by atoms with Gasteiger partial charge in [0.05, 0.1) is 23.5 Å². The number of rotatable bonds is 2. The zero-order valence-electron chi connectivity index (χ0n) is 13.7. The van der Waals surface area contributed by atoms with Crippen LogP contribution in [-0.2, 0) is 9.73 Å². The van der Waals surface area contributed by atoms with Gasteiger partial charge in [-0.25, -0.2) is 4.21 Å². The van der Waals surface area contributed by atoms with Gasteiger partial charge in [0.1, 0.15) is 0 Å². The third-order valence-electron chi connectivity index (χ3n) is 4.39. The number of hydrogen-bond acceptors (Lipinski definition) is 2. The fourth-order valence-electron chi connectivity index (χ4n) is 2.99. The average Bonchev–Trinajstić information content (AvgIpc) is 2.46. The number of benzene rings is 2. The molecule has 0 spiro atoms. The van der Waals surface area contributed by atoms with Crippen molar-refractivity contribution >= 4 is 23.5 Å². The summed E-state index contributed by atoms with van der Waals surface area (Å²) in [4.78, 5) is 0.871. The minimum atomic E-state index is -2.37. The van der Waals surface area contributed by atoms with Gasteiger partial charge >= 0.3 is 0 Å². The molecule has 0 amide bonds. The molecular formula is C18H23NOSSi. The Balaban J connectivity index is 2.20. The molecule has 4 heteroatoms. The lowest BCUT2D eigenvalue weighted by Crippen LogP contribution is -2.37. The number of fused-ring (bicyclic) bond motifs is 1. The van der Waals surface area contributed by atoms with Crippen molar-refractivity contribution in [2.24, 2.45) is 4.36 Å². The highest BCUT2D eigenvalue weighted by Gasteiger charge is 2.36. The van der Waals surface area contributed by atoms with Crippen LogP contribution in [0.4, 0.5) is 5.69 Å². The normalized spacial score (nSPS) is 24.5. The van der Waals surface area contributed by atoms with Gasteiger partial charge in [0.25, 0.3) is 0 Å². The molecule has 0 aliphatic carbocycles. The van der Waals surface area contributed by atoms with E-state index >= 15 is 0 Å². The van der Waals surface area contributed by atoms with Crippen molar-refractivity contribution in [3.05, 3.63) is 59.7 Å². The van der Waals surface area contributed by atoms with E-state index < -0.39 is 17.8 Å². The fraction of sp³-hybridized carbons (Fsp3) is 0.333. The lowest BCUT2D eigenvalue weighted by Gasteiger charge is -2.34. The summed E-state index contributed by atoms with van der Waals surface area (Å²) in [5.41, 5.74) is 3.78. The quantitative estimate of drug-likeness (QED) is 0.702. The van der Waals surface area contributed by atoms with Crippen molar-refractivity contribution < 1.29 is 4.21 Å². The fourth-order valence-corrected chi connectivity index (χ4v) is 8.90. The van der Waals surface area contributed by atoms with Crippen LogP contribution < -0.4 is 0 Å². The Hall–Kier alpha value is -1.39. The molecule has 116 valence electrons. The lowest BCUT2D eigenvalue weighted by atomic mass is 10.1. The highest BCUT2D eigenvalue weighted by molar-refractivity contribution is 7.94. The summed E-state index contributed by atoms with van der Waals surface area (Å²) in [6.07, 6.45) is 0. The Morgan fingerprint density at radius 2 is 1.68 bits per heavy atom. The monoisotopic (exact) mass is 329 g/mol. The molecule has 0 fully saturated rings. The van der Waals surface area contributed by atoms with Gasteiger partial charge in [0, 0.05) is 10.6 Å². The van der Waals surface area contributed by atoms with Crippen molar-refractivity contribution in [2.45, 2.75) is 37.0 Å². The second kappa shape index (κ2) is 5.35. The molecule has 2 atom stereocenters. The Kier molecular flexibility index (Phi) is 3.77. The zero-order valence-corrected chi connectivity index (χ0v) is 15.5. The zero-order chi connectivity index (χ0) is 16.0. The largest absolute Gasteiger partial charge is 0.244 e. The SMILES string of the molecule is Cc1ccc(S2(=O)=Nc3ccccc3[C@H]([Si](C)(C)C)C2)cc1. The van der Waals surface area contributed by atoms with Crippen LogP contribution in [0, 0.1) is 6.92 Å². The first-order valence-electron chi connectivity index (χ1n) is 7.70. The molecule has 0 saturated carbocycles. The second-order valence-corrected chi connectivity index (χ2v) is 14.9. The van der Waals surface area contributed by atoms with E-state index in [9.17, 15) is 4.21 Å². The molecule has 0 aromatic heterocycles. The summed E-state index contributed by atoms with van der Waals surface area (Å²) in [7, 11) is -3.85. The van der Waals surface area contributed by atoms with Gasteiger partial charge in [-0.1, -0.05) is 55.5 Å². The lowest BCUT2D eigenvalue weighted by molar-refractivity contribution is 0.673. The maximum Gasteiger partial charge on any atom is 0.0803 e. The molecule has 0 bridgehead atoms. The summed E-state index contributed by atoms with van der Waals surface area (Å²) in [5, 5.41) is 0. The van der Waals surface area contributed by atoms with Gasteiger partial charge in [-0.05, 0) is 36.2 Å². The Morgan fingerprint density at radius 1 is 1.05 bits per heavy atom. The minimum Gasteiger partial charge on any atom is -0.244 e. The van der Waals surface area contributed by atoms with Gasteiger partial charge in [0.15, 0.2) is 0 Å². The van der Waals surface area contributed by atoms with Crippen LogP contribution in [0.15, 0.2) is 57.8 Å². The summed E-state index contributed by atoms with van der Waals surface area (Å²) in [5.74, 6) is 0.656. The predicted octanol–water partition coefficient (Wildman–Crippen LogP) is 5.13. The molecule has 2 aromatic carbocycles. The van der Waals surface area contributed by atoms with Gasteiger partial charge in [0.2, 0.25) is 0 Å². The van der Waals surface area contributed by atoms with Crippen LogP contribution >= 0.6 is 0 Å². The molecule has 22 heavy (non-hydrogen) atoms. The first kappa shape index (κ1) is 15.5. The van der Waals surface area contributed by atoms with E-state index in [-0.39, 0.29) is 0 Å². The topological polar surface area (TPSA) is 29.4 Å². The molecule has 1 aliphatic rings. The van der Waals surface area contributed by atoms with Crippen molar-refractivity contribution in [2.75, 3.05) is 5.75 Å². The first-order valence-corrected chi connectivity index (χ1v) is 13.0. The van der Waals surface area contributed by atoms with Gasteiger partial charge < -0.3 is 0 Å². The van der Waals surface area contributed by atoms with E-state index in [1.165, 1.54) is 11.1 Å². The summed E-state index contributed by atoms with van der Waals surface area (Å²) in [6, 6.07) is 16.3. The smallest absolute Gasteiger partial charge is 0.0803 e. The van der Waals surface area contributed by atoms with Gasteiger partial charge in [-0.2, -0.15) is 4.36 Å². The maximum atomic E-state index is 13.6. The van der Waals surface area contributed by atoms with E-state index in [2.05, 4.69) is 38.7 Å². The Morgan fingerprint density at radius 3 is 2.32 bits per heavy atom. The molecule has 3 rings (SSSR count). The third-order valence-corrected chi connectivity index (χ3v) is 9.57. The van der Waals surface area contributed by atoms with Crippen molar-refractivity contribution in [3.63, 3.8) is 0 Å². The minimum absolute atomic E-state index is 0.384.